The van der Waals surface area contributed by atoms with E-state index in [-0.39, 0.29) is 30.8 Å². The van der Waals surface area contributed by atoms with E-state index >= 15 is 0 Å². The molecule has 0 radical (unpaired) electrons. The fraction of sp³-hybridized carbons (Fsp3) is 0.421. The van der Waals surface area contributed by atoms with Crippen molar-refractivity contribution in [2.24, 2.45) is 0 Å². The summed E-state index contributed by atoms with van der Waals surface area (Å²) in [5.41, 5.74) is 0.866. The lowest BCUT2D eigenvalue weighted by Crippen LogP contribution is -2.52. The summed E-state index contributed by atoms with van der Waals surface area (Å²) in [6, 6.07) is 7.23. The van der Waals surface area contributed by atoms with Gasteiger partial charge in [0.1, 0.15) is 0 Å². The van der Waals surface area contributed by atoms with Gasteiger partial charge in [-0.05, 0) is 23.8 Å². The molecule has 0 spiro atoms. The predicted molar refractivity (Wildman–Crippen MR) is 102 cm³/mol. The predicted octanol–water partition coefficient (Wildman–Crippen LogP) is 1.22. The van der Waals surface area contributed by atoms with Crippen molar-refractivity contribution in [2.75, 3.05) is 32.8 Å². The van der Waals surface area contributed by atoms with Gasteiger partial charge in [0.15, 0.2) is 6.10 Å². The Morgan fingerprint density at radius 1 is 1.44 bits per heavy atom. The van der Waals surface area contributed by atoms with E-state index in [2.05, 4.69) is 11.9 Å². The topological polar surface area (TPSA) is 79.0 Å². The highest BCUT2D eigenvalue weighted by atomic mass is 35.5. The molecule has 146 valence electrons. The van der Waals surface area contributed by atoms with E-state index in [0.29, 0.717) is 31.3 Å². The third-order valence-corrected chi connectivity index (χ3v) is 4.46. The average molecular weight is 394 g/mol. The van der Waals surface area contributed by atoms with Crippen molar-refractivity contribution < 1.29 is 19.1 Å². The van der Waals surface area contributed by atoms with E-state index in [1.165, 1.54) is 13.0 Å². The highest BCUT2D eigenvalue weighted by Crippen LogP contribution is 2.15. The first kappa shape index (κ1) is 20.9. The maximum atomic E-state index is 13.0. The van der Waals surface area contributed by atoms with Gasteiger partial charge in [-0.25, -0.2) is 0 Å². The molecule has 3 amide bonds. The first-order valence-electron chi connectivity index (χ1n) is 8.71. The molecule has 1 aromatic rings. The van der Waals surface area contributed by atoms with E-state index in [1.54, 1.807) is 21.9 Å². The van der Waals surface area contributed by atoms with Crippen molar-refractivity contribution in [3.05, 3.63) is 47.5 Å². The number of nitrogens with one attached hydrogen (secondary N) is 1. The molecule has 1 aliphatic heterocycles. The van der Waals surface area contributed by atoms with Crippen molar-refractivity contribution in [1.29, 1.82) is 0 Å². The maximum Gasteiger partial charge on any atom is 0.253 e. The molecule has 0 aromatic heterocycles. The molecule has 0 bridgehead atoms. The zero-order valence-corrected chi connectivity index (χ0v) is 16.1. The molecule has 1 aliphatic rings. The fourth-order valence-corrected chi connectivity index (χ4v) is 3.01. The van der Waals surface area contributed by atoms with Gasteiger partial charge in [-0.3, -0.25) is 14.4 Å². The number of morpholine rings is 1. The van der Waals surface area contributed by atoms with Crippen LogP contribution in [-0.2, 0) is 25.7 Å². The molecular weight excluding hydrogens is 370 g/mol. The first-order valence-corrected chi connectivity index (χ1v) is 9.09. The minimum absolute atomic E-state index is 0.0873. The Labute approximate surface area is 163 Å². The van der Waals surface area contributed by atoms with E-state index in [0.717, 1.165) is 5.56 Å². The number of hydrogen-bond acceptors (Lipinski definition) is 4. The summed E-state index contributed by atoms with van der Waals surface area (Å²) in [5.74, 6) is -0.619. The molecule has 1 saturated heterocycles. The number of carbonyl (C=O) groups excluding carboxylic acids is 3. The van der Waals surface area contributed by atoms with Gasteiger partial charge in [-0.1, -0.05) is 30.3 Å². The summed E-state index contributed by atoms with van der Waals surface area (Å²) in [6.45, 7) is 6.79. The molecule has 1 atom stereocenters. The number of hydrogen-bond donors (Lipinski definition) is 1. The SMILES string of the molecule is C=CC(=O)NCCN(Cc1cccc(Cl)c1)C(=O)C1CN(C(C)=O)CCO1. The van der Waals surface area contributed by atoms with Crippen LogP contribution in [0.15, 0.2) is 36.9 Å². The molecule has 1 fully saturated rings. The summed E-state index contributed by atoms with van der Waals surface area (Å²) in [7, 11) is 0. The number of ether oxygens (including phenoxy) is 1. The lowest BCUT2D eigenvalue weighted by atomic mass is 10.1. The molecule has 1 heterocycles. The summed E-state index contributed by atoms with van der Waals surface area (Å²) < 4.78 is 5.60. The lowest BCUT2D eigenvalue weighted by molar-refractivity contribution is -0.154. The molecule has 0 aliphatic carbocycles. The van der Waals surface area contributed by atoms with E-state index in [4.69, 9.17) is 16.3 Å². The second-order valence-electron chi connectivity index (χ2n) is 6.21. The third-order valence-electron chi connectivity index (χ3n) is 4.23. The van der Waals surface area contributed by atoms with Crippen molar-refractivity contribution in [1.82, 2.24) is 15.1 Å². The van der Waals surface area contributed by atoms with Crippen molar-refractivity contribution in [3.63, 3.8) is 0 Å². The maximum absolute atomic E-state index is 13.0. The molecule has 8 heteroatoms. The summed E-state index contributed by atoms with van der Waals surface area (Å²) >= 11 is 6.03. The van der Waals surface area contributed by atoms with E-state index < -0.39 is 6.10 Å². The Kier molecular flexibility index (Phi) is 7.82. The van der Waals surface area contributed by atoms with Gasteiger partial charge < -0.3 is 19.9 Å². The van der Waals surface area contributed by atoms with Gasteiger partial charge in [0, 0.05) is 38.1 Å². The molecule has 27 heavy (non-hydrogen) atoms. The third kappa shape index (κ3) is 6.37. The van der Waals surface area contributed by atoms with Crippen LogP contribution in [0.4, 0.5) is 0 Å². The van der Waals surface area contributed by atoms with Crippen molar-refractivity contribution >= 4 is 29.3 Å². The fourth-order valence-electron chi connectivity index (χ4n) is 2.80. The Bertz CT molecular complexity index is 710. The van der Waals surface area contributed by atoms with Crippen LogP contribution in [0.5, 0.6) is 0 Å². The van der Waals surface area contributed by atoms with Gasteiger partial charge in [-0.2, -0.15) is 0 Å². The summed E-state index contributed by atoms with van der Waals surface area (Å²) in [6.07, 6.45) is 0.454. The smallest absolute Gasteiger partial charge is 0.253 e. The molecule has 0 saturated carbocycles. The van der Waals surface area contributed by atoms with Crippen LogP contribution in [0.1, 0.15) is 12.5 Å². The molecule has 1 N–H and O–H groups in total. The van der Waals surface area contributed by atoms with E-state index in [1.807, 2.05) is 12.1 Å². The number of carbonyl (C=O) groups is 3. The quantitative estimate of drug-likeness (QED) is 0.706. The number of halogens is 1. The molecule has 2 rings (SSSR count). The summed E-state index contributed by atoms with van der Waals surface area (Å²) in [4.78, 5) is 39.2. The zero-order chi connectivity index (χ0) is 19.8. The molecular formula is C19H24ClN3O4. The monoisotopic (exact) mass is 393 g/mol. The Morgan fingerprint density at radius 3 is 2.89 bits per heavy atom. The lowest BCUT2D eigenvalue weighted by Gasteiger charge is -2.34. The highest BCUT2D eigenvalue weighted by molar-refractivity contribution is 6.30. The largest absolute Gasteiger partial charge is 0.365 e. The van der Waals surface area contributed by atoms with Gasteiger partial charge in [0.05, 0.1) is 13.2 Å². The van der Waals surface area contributed by atoms with Crippen LogP contribution < -0.4 is 5.32 Å². The van der Waals surface area contributed by atoms with Crippen molar-refractivity contribution in [3.8, 4) is 0 Å². The van der Waals surface area contributed by atoms with Crippen molar-refractivity contribution in [2.45, 2.75) is 19.6 Å². The van der Waals surface area contributed by atoms with Gasteiger partial charge >= 0.3 is 0 Å². The van der Waals surface area contributed by atoms with E-state index in [9.17, 15) is 14.4 Å². The summed E-state index contributed by atoms with van der Waals surface area (Å²) in [5, 5.41) is 3.24. The van der Waals surface area contributed by atoms with Crippen LogP contribution in [0.25, 0.3) is 0 Å². The number of nitrogens with zero attached hydrogens (tertiary/aromatic N) is 2. The Balaban J connectivity index is 2.09. The zero-order valence-electron chi connectivity index (χ0n) is 15.3. The number of rotatable bonds is 7. The Morgan fingerprint density at radius 2 is 2.22 bits per heavy atom. The van der Waals surface area contributed by atoms with Crippen LogP contribution in [0, 0.1) is 0 Å². The molecule has 1 unspecified atom stereocenters. The second-order valence-corrected chi connectivity index (χ2v) is 6.65. The second kappa shape index (κ2) is 10.1. The van der Waals surface area contributed by atoms with Crippen LogP contribution in [-0.4, -0.2) is 66.4 Å². The Hall–Kier alpha value is -2.38. The molecule has 1 aromatic carbocycles. The minimum Gasteiger partial charge on any atom is -0.365 e. The number of benzene rings is 1. The van der Waals surface area contributed by atoms with Crippen LogP contribution >= 0.6 is 11.6 Å². The van der Waals surface area contributed by atoms with Gasteiger partial charge in [0.2, 0.25) is 11.8 Å². The van der Waals surface area contributed by atoms with Crippen LogP contribution in [0.3, 0.4) is 0 Å². The van der Waals surface area contributed by atoms with Gasteiger partial charge in [-0.15, -0.1) is 0 Å². The average Bonchev–Trinajstić information content (AvgIpc) is 2.66. The van der Waals surface area contributed by atoms with Crippen LogP contribution in [0.2, 0.25) is 5.02 Å². The minimum atomic E-state index is -0.725. The number of amides is 3. The van der Waals surface area contributed by atoms with Gasteiger partial charge in [0.25, 0.3) is 5.91 Å². The molecule has 7 nitrogen and oxygen atoms in total. The first-order chi connectivity index (χ1) is 12.9. The standard InChI is InChI=1S/C19H24ClN3O4/c1-3-18(25)21-7-8-23(12-15-5-4-6-16(20)11-15)19(26)17-13-22(14(2)24)9-10-27-17/h3-6,11,17H,1,7-10,12-13H2,2H3,(H,21,25). The normalized spacial score (nSPS) is 16.5. The highest BCUT2D eigenvalue weighted by Gasteiger charge is 2.31.